The zero-order chi connectivity index (χ0) is 49.4. The van der Waals surface area contributed by atoms with E-state index in [-0.39, 0.29) is 0 Å². The first kappa shape index (κ1) is 43.0. The van der Waals surface area contributed by atoms with Gasteiger partial charge in [0.25, 0.3) is 0 Å². The standard InChI is InChI=1S/C70H46N4S/c1-5-20-50(21-6-1)71(56-38-40-63-66(46-56)73(52-24-9-3-10-25-52)64-43-34-48-18-13-14-29-58(48)68(63)64)54-35-32-47(33-36-54)49-19-17-28-55(44-49)72(51-22-7-2-8-23-51)57-37-39-59-61-41-42-62-60-30-15-16-31-67(60)75-70(62)69(61)74(65(59)45-57)53-26-11-4-12-27-53/h1-46H. The highest BCUT2D eigenvalue weighted by Gasteiger charge is 2.22. The van der Waals surface area contributed by atoms with Crippen molar-refractivity contribution >= 4 is 120 Å². The molecule has 0 bridgehead atoms. The second-order valence-electron chi connectivity index (χ2n) is 19.3. The molecule has 0 spiro atoms. The summed E-state index contributed by atoms with van der Waals surface area (Å²) in [6, 6.07) is 102. The Morgan fingerprint density at radius 2 is 0.787 bits per heavy atom. The van der Waals surface area contributed by atoms with Gasteiger partial charge in [0.1, 0.15) is 0 Å². The minimum Gasteiger partial charge on any atom is -0.310 e. The zero-order valence-corrected chi connectivity index (χ0v) is 41.6. The molecular formula is C70H46N4S. The highest BCUT2D eigenvalue weighted by Crippen LogP contribution is 2.46. The molecular weight excluding hydrogens is 929 g/mol. The van der Waals surface area contributed by atoms with Gasteiger partial charge in [0, 0.05) is 82.5 Å². The normalized spacial score (nSPS) is 11.7. The Morgan fingerprint density at radius 1 is 0.280 bits per heavy atom. The number of fused-ring (bicyclic) bond motifs is 12. The number of anilines is 6. The van der Waals surface area contributed by atoms with Gasteiger partial charge < -0.3 is 18.9 Å². The summed E-state index contributed by atoms with van der Waals surface area (Å²) in [4.78, 5) is 4.77. The number of hydrogen-bond donors (Lipinski definition) is 0. The smallest absolute Gasteiger partial charge is 0.0719 e. The predicted octanol–water partition coefficient (Wildman–Crippen LogP) is 20.0. The number of benzene rings is 12. The Bertz CT molecular complexity index is 4630. The highest BCUT2D eigenvalue weighted by atomic mass is 32.1. The predicted molar refractivity (Wildman–Crippen MR) is 320 cm³/mol. The third-order valence-electron chi connectivity index (χ3n) is 15.0. The minimum absolute atomic E-state index is 1.08. The van der Waals surface area contributed by atoms with Crippen LogP contribution in [0.25, 0.3) is 97.1 Å². The van der Waals surface area contributed by atoms with Crippen LogP contribution in [-0.4, -0.2) is 9.13 Å². The third-order valence-corrected chi connectivity index (χ3v) is 16.2. The van der Waals surface area contributed by atoms with E-state index in [1.165, 1.54) is 69.0 Å². The Balaban J connectivity index is 0.846. The molecule has 3 aromatic heterocycles. The van der Waals surface area contributed by atoms with E-state index < -0.39 is 0 Å². The minimum atomic E-state index is 1.08. The van der Waals surface area contributed by atoms with Crippen LogP contribution in [-0.2, 0) is 0 Å². The van der Waals surface area contributed by atoms with Gasteiger partial charge in [0.05, 0.1) is 26.8 Å². The molecule has 0 radical (unpaired) electrons. The zero-order valence-electron chi connectivity index (χ0n) is 40.8. The fourth-order valence-corrected chi connectivity index (χ4v) is 12.9. The maximum Gasteiger partial charge on any atom is 0.0719 e. The molecule has 0 aliphatic rings. The molecule has 4 nitrogen and oxygen atoms in total. The molecule has 352 valence electrons. The van der Waals surface area contributed by atoms with Gasteiger partial charge in [-0.2, -0.15) is 0 Å². The average Bonchev–Trinajstić information content (AvgIpc) is 4.23. The SMILES string of the molecule is c1ccc(N(c2ccc(-c3cccc(N(c4ccccc4)c4ccc5c6ccc7c8ccccc8sc7c6n(-c6ccccc6)c5c4)c3)cc2)c2ccc3c4c5ccccc5ccc4n(-c4ccccc4)c3c2)cc1. The van der Waals surface area contributed by atoms with Crippen molar-refractivity contribution in [2.24, 2.45) is 0 Å². The molecule has 0 unspecified atom stereocenters. The average molecular weight is 975 g/mol. The molecule has 0 atom stereocenters. The lowest BCUT2D eigenvalue weighted by atomic mass is 10.0. The quantitative estimate of drug-likeness (QED) is 0.143. The van der Waals surface area contributed by atoms with Crippen molar-refractivity contribution in [1.82, 2.24) is 9.13 Å². The van der Waals surface area contributed by atoms with Crippen molar-refractivity contribution in [2.75, 3.05) is 9.80 Å². The topological polar surface area (TPSA) is 16.3 Å². The molecule has 0 N–H and O–H groups in total. The van der Waals surface area contributed by atoms with Gasteiger partial charge in [-0.3, -0.25) is 0 Å². The summed E-state index contributed by atoms with van der Waals surface area (Å²) in [5.41, 5.74) is 15.9. The Morgan fingerprint density at radius 3 is 1.49 bits per heavy atom. The van der Waals surface area contributed by atoms with Crippen molar-refractivity contribution < 1.29 is 0 Å². The van der Waals surface area contributed by atoms with Crippen LogP contribution in [0.4, 0.5) is 34.1 Å². The fraction of sp³-hybridized carbons (Fsp3) is 0. The van der Waals surface area contributed by atoms with Crippen LogP contribution in [0.5, 0.6) is 0 Å². The lowest BCUT2D eigenvalue weighted by molar-refractivity contribution is 1.18. The van der Waals surface area contributed by atoms with Gasteiger partial charge >= 0.3 is 0 Å². The first-order valence-electron chi connectivity index (χ1n) is 25.6. The molecule has 75 heavy (non-hydrogen) atoms. The van der Waals surface area contributed by atoms with Crippen molar-refractivity contribution in [3.8, 4) is 22.5 Å². The van der Waals surface area contributed by atoms with E-state index in [2.05, 4.69) is 298 Å². The van der Waals surface area contributed by atoms with E-state index in [0.29, 0.717) is 0 Å². The van der Waals surface area contributed by atoms with Crippen LogP contribution < -0.4 is 9.80 Å². The Hall–Kier alpha value is -9.68. The van der Waals surface area contributed by atoms with Crippen molar-refractivity contribution in [1.29, 1.82) is 0 Å². The molecule has 12 aromatic carbocycles. The second kappa shape index (κ2) is 17.5. The largest absolute Gasteiger partial charge is 0.310 e. The van der Waals surface area contributed by atoms with Gasteiger partial charge in [-0.25, -0.2) is 0 Å². The summed E-state index contributed by atoms with van der Waals surface area (Å²) in [5, 5.41) is 10.1. The third kappa shape index (κ3) is 7.04. The van der Waals surface area contributed by atoms with Gasteiger partial charge in [-0.15, -0.1) is 11.3 Å². The maximum absolute atomic E-state index is 2.48. The van der Waals surface area contributed by atoms with Gasteiger partial charge in [0.15, 0.2) is 0 Å². The summed E-state index contributed by atoms with van der Waals surface area (Å²) < 4.78 is 7.51. The summed E-state index contributed by atoms with van der Waals surface area (Å²) in [5.74, 6) is 0. The molecule has 15 rings (SSSR count). The van der Waals surface area contributed by atoms with E-state index in [1.54, 1.807) is 0 Å². The van der Waals surface area contributed by atoms with Crippen molar-refractivity contribution in [3.63, 3.8) is 0 Å². The Kier molecular flexibility index (Phi) is 10.0. The van der Waals surface area contributed by atoms with Crippen molar-refractivity contribution in [3.05, 3.63) is 279 Å². The van der Waals surface area contributed by atoms with Crippen LogP contribution >= 0.6 is 11.3 Å². The van der Waals surface area contributed by atoms with E-state index in [0.717, 1.165) is 62.1 Å². The Labute approximate surface area is 438 Å². The van der Waals surface area contributed by atoms with Crippen LogP contribution in [0.15, 0.2) is 279 Å². The number of hydrogen-bond acceptors (Lipinski definition) is 3. The number of para-hydroxylation sites is 4. The molecule has 15 aromatic rings. The van der Waals surface area contributed by atoms with Gasteiger partial charge in [-0.1, -0.05) is 170 Å². The highest BCUT2D eigenvalue weighted by molar-refractivity contribution is 7.26. The van der Waals surface area contributed by atoms with Crippen LogP contribution in [0.1, 0.15) is 0 Å². The van der Waals surface area contributed by atoms with E-state index in [9.17, 15) is 0 Å². The van der Waals surface area contributed by atoms with Crippen LogP contribution in [0.3, 0.4) is 0 Å². The first-order valence-corrected chi connectivity index (χ1v) is 26.4. The molecule has 0 fully saturated rings. The van der Waals surface area contributed by atoms with Crippen LogP contribution in [0.2, 0.25) is 0 Å². The summed E-state index contributed by atoms with van der Waals surface area (Å²) in [6.45, 7) is 0. The lowest BCUT2D eigenvalue weighted by Crippen LogP contribution is -2.10. The number of aromatic nitrogens is 2. The summed E-state index contributed by atoms with van der Waals surface area (Å²) in [6.07, 6.45) is 0. The number of rotatable bonds is 9. The fourth-order valence-electron chi connectivity index (χ4n) is 11.7. The first-order chi connectivity index (χ1) is 37.2. The van der Waals surface area contributed by atoms with E-state index in [4.69, 9.17) is 0 Å². The molecule has 0 saturated heterocycles. The van der Waals surface area contributed by atoms with Crippen LogP contribution in [0, 0.1) is 0 Å². The van der Waals surface area contributed by atoms with Gasteiger partial charge in [0.2, 0.25) is 0 Å². The van der Waals surface area contributed by atoms with E-state index >= 15 is 0 Å². The molecule has 3 heterocycles. The lowest BCUT2D eigenvalue weighted by Gasteiger charge is -2.27. The maximum atomic E-state index is 2.48. The molecule has 0 amide bonds. The molecule has 0 aliphatic carbocycles. The molecule has 5 heteroatoms. The summed E-state index contributed by atoms with van der Waals surface area (Å²) in [7, 11) is 0. The molecule has 0 aliphatic heterocycles. The monoisotopic (exact) mass is 974 g/mol. The van der Waals surface area contributed by atoms with Crippen molar-refractivity contribution in [2.45, 2.75) is 0 Å². The second-order valence-corrected chi connectivity index (χ2v) is 20.4. The summed E-state index contributed by atoms with van der Waals surface area (Å²) >= 11 is 1.88. The number of nitrogens with zero attached hydrogens (tertiary/aromatic N) is 4. The number of thiophene rings is 1. The van der Waals surface area contributed by atoms with E-state index in [1.807, 2.05) is 11.3 Å². The van der Waals surface area contributed by atoms with Gasteiger partial charge in [-0.05, 0) is 131 Å². The molecule has 0 saturated carbocycles.